The Kier molecular flexibility index (Phi) is 6.46. The third-order valence-electron chi connectivity index (χ3n) is 6.00. The van der Waals surface area contributed by atoms with Crippen LogP contribution < -0.4 is 15.4 Å². The second-order valence-corrected chi connectivity index (χ2v) is 8.75. The maximum Gasteiger partial charge on any atom is 0.411 e. The number of carboxylic acids is 1. The number of methoxy groups -OCH3 is 1. The number of amides is 2. The van der Waals surface area contributed by atoms with Crippen LogP contribution >= 0.6 is 0 Å². The molecule has 0 bridgehead atoms. The number of hydrogen-bond donors (Lipinski definition) is 3. The lowest BCUT2D eigenvalue weighted by atomic mass is 9.98. The van der Waals surface area contributed by atoms with E-state index in [0.717, 1.165) is 22.3 Å². The van der Waals surface area contributed by atoms with Gasteiger partial charge in [-0.2, -0.15) is 0 Å². The van der Waals surface area contributed by atoms with Gasteiger partial charge in [-0.1, -0.05) is 48.5 Å². The van der Waals surface area contributed by atoms with E-state index < -0.39 is 23.5 Å². The van der Waals surface area contributed by atoms with Crippen LogP contribution in [0.5, 0.6) is 5.75 Å². The van der Waals surface area contributed by atoms with Gasteiger partial charge >= 0.3 is 12.1 Å². The van der Waals surface area contributed by atoms with E-state index in [4.69, 9.17) is 9.47 Å². The molecule has 0 radical (unpaired) electrons. The SMILES string of the molecule is COc1cc(NC(=O)OCC2c3ccccc3-c3ccccc32)ccc1C(=O)NC(C)(C)C(=O)O. The van der Waals surface area contributed by atoms with Gasteiger partial charge in [-0.15, -0.1) is 0 Å². The lowest BCUT2D eigenvalue weighted by molar-refractivity contribution is -0.143. The van der Waals surface area contributed by atoms with Crippen molar-refractivity contribution in [1.29, 1.82) is 0 Å². The first-order valence-electron chi connectivity index (χ1n) is 11.1. The van der Waals surface area contributed by atoms with Crippen LogP contribution in [0, 0.1) is 0 Å². The summed E-state index contributed by atoms with van der Waals surface area (Å²) in [6.07, 6.45) is -0.641. The van der Waals surface area contributed by atoms with Crippen LogP contribution in [-0.4, -0.2) is 42.3 Å². The fraction of sp³-hybridized carbons (Fsp3) is 0.222. The Bertz CT molecular complexity index is 1250. The summed E-state index contributed by atoms with van der Waals surface area (Å²) < 4.78 is 10.8. The molecule has 2 amide bonds. The van der Waals surface area contributed by atoms with Gasteiger partial charge in [-0.25, -0.2) is 9.59 Å². The Hall–Kier alpha value is -4.33. The topological polar surface area (TPSA) is 114 Å². The minimum atomic E-state index is -1.46. The summed E-state index contributed by atoms with van der Waals surface area (Å²) in [5.74, 6) is -1.66. The summed E-state index contributed by atoms with van der Waals surface area (Å²) in [6, 6.07) is 20.6. The molecular weight excluding hydrogens is 448 g/mol. The van der Waals surface area contributed by atoms with E-state index >= 15 is 0 Å². The van der Waals surface area contributed by atoms with Gasteiger partial charge in [0, 0.05) is 17.7 Å². The number of carbonyl (C=O) groups is 3. The molecule has 1 aliphatic carbocycles. The van der Waals surface area contributed by atoms with Crippen molar-refractivity contribution in [3.63, 3.8) is 0 Å². The fourth-order valence-electron chi connectivity index (χ4n) is 4.11. The highest BCUT2D eigenvalue weighted by molar-refractivity contribution is 6.00. The van der Waals surface area contributed by atoms with Crippen LogP contribution in [0.25, 0.3) is 11.1 Å². The lowest BCUT2D eigenvalue weighted by Gasteiger charge is -2.21. The molecule has 4 rings (SSSR count). The molecule has 180 valence electrons. The summed E-state index contributed by atoms with van der Waals surface area (Å²) in [6.45, 7) is 2.93. The number of ether oxygens (including phenoxy) is 2. The molecule has 0 atom stereocenters. The fourth-order valence-corrected chi connectivity index (χ4v) is 4.11. The van der Waals surface area contributed by atoms with Gasteiger partial charge in [0.2, 0.25) is 0 Å². The first-order chi connectivity index (χ1) is 16.7. The molecule has 3 aromatic rings. The first-order valence-corrected chi connectivity index (χ1v) is 11.1. The number of rotatable bonds is 7. The zero-order valence-corrected chi connectivity index (χ0v) is 19.6. The molecule has 3 N–H and O–H groups in total. The number of carboxylic acid groups (broad SMARTS) is 1. The summed E-state index contributed by atoms with van der Waals surface area (Å²) >= 11 is 0. The Morgan fingerprint density at radius 1 is 0.943 bits per heavy atom. The largest absolute Gasteiger partial charge is 0.496 e. The minimum absolute atomic E-state index is 0.0636. The van der Waals surface area contributed by atoms with Crippen LogP contribution in [-0.2, 0) is 9.53 Å². The molecule has 0 unspecified atom stereocenters. The van der Waals surface area contributed by atoms with Gasteiger partial charge in [0.25, 0.3) is 5.91 Å². The Balaban J connectivity index is 1.44. The molecule has 0 saturated heterocycles. The van der Waals surface area contributed by atoms with E-state index in [1.807, 2.05) is 36.4 Å². The van der Waals surface area contributed by atoms with Crippen molar-refractivity contribution in [2.45, 2.75) is 25.3 Å². The highest BCUT2D eigenvalue weighted by atomic mass is 16.5. The summed E-state index contributed by atoms with van der Waals surface area (Å²) in [7, 11) is 1.38. The number of anilines is 1. The summed E-state index contributed by atoms with van der Waals surface area (Å²) in [5, 5.41) is 14.3. The van der Waals surface area contributed by atoms with E-state index in [2.05, 4.69) is 22.8 Å². The van der Waals surface area contributed by atoms with Crippen LogP contribution in [0.4, 0.5) is 10.5 Å². The maximum atomic E-state index is 12.6. The third kappa shape index (κ3) is 4.82. The molecule has 0 heterocycles. The van der Waals surface area contributed by atoms with Crippen LogP contribution in [0.2, 0.25) is 0 Å². The number of benzene rings is 3. The molecular formula is C27H26N2O6. The van der Waals surface area contributed by atoms with Crippen molar-refractivity contribution in [3.05, 3.63) is 83.4 Å². The molecule has 3 aromatic carbocycles. The number of nitrogens with one attached hydrogen (secondary N) is 2. The molecule has 0 fully saturated rings. The monoisotopic (exact) mass is 474 g/mol. The number of carbonyl (C=O) groups excluding carboxylic acids is 2. The minimum Gasteiger partial charge on any atom is -0.496 e. The first kappa shape index (κ1) is 23.8. The molecule has 0 spiro atoms. The summed E-state index contributed by atoms with van der Waals surface area (Å²) in [5.41, 5.74) is 3.56. The molecule has 0 aliphatic heterocycles. The predicted molar refractivity (Wildman–Crippen MR) is 131 cm³/mol. The number of aliphatic carboxylic acids is 1. The molecule has 0 saturated carbocycles. The van der Waals surface area contributed by atoms with Crippen molar-refractivity contribution in [3.8, 4) is 16.9 Å². The van der Waals surface area contributed by atoms with E-state index in [-0.39, 0.29) is 23.8 Å². The number of hydrogen-bond acceptors (Lipinski definition) is 5. The quantitative estimate of drug-likeness (QED) is 0.459. The Morgan fingerprint density at radius 3 is 2.11 bits per heavy atom. The van der Waals surface area contributed by atoms with Crippen molar-refractivity contribution in [2.24, 2.45) is 0 Å². The Morgan fingerprint density at radius 2 is 1.54 bits per heavy atom. The smallest absolute Gasteiger partial charge is 0.411 e. The van der Waals surface area contributed by atoms with Crippen molar-refractivity contribution in [1.82, 2.24) is 5.32 Å². The van der Waals surface area contributed by atoms with Gasteiger partial charge in [0.15, 0.2) is 0 Å². The zero-order chi connectivity index (χ0) is 25.2. The average Bonchev–Trinajstić information content (AvgIpc) is 3.16. The van der Waals surface area contributed by atoms with Crippen molar-refractivity contribution in [2.75, 3.05) is 19.0 Å². The van der Waals surface area contributed by atoms with E-state index in [0.29, 0.717) is 5.69 Å². The molecule has 0 aromatic heterocycles. The lowest BCUT2D eigenvalue weighted by Crippen LogP contribution is -2.49. The van der Waals surface area contributed by atoms with Gasteiger partial charge in [-0.3, -0.25) is 10.1 Å². The van der Waals surface area contributed by atoms with Crippen LogP contribution in [0.3, 0.4) is 0 Å². The Labute approximate surface area is 202 Å². The highest BCUT2D eigenvalue weighted by Gasteiger charge is 2.31. The van der Waals surface area contributed by atoms with Gasteiger partial charge in [0.1, 0.15) is 17.9 Å². The molecule has 8 nitrogen and oxygen atoms in total. The predicted octanol–water partition coefficient (Wildman–Crippen LogP) is 4.65. The van der Waals surface area contributed by atoms with Gasteiger partial charge in [-0.05, 0) is 48.2 Å². The second-order valence-electron chi connectivity index (χ2n) is 8.75. The third-order valence-corrected chi connectivity index (χ3v) is 6.00. The average molecular weight is 475 g/mol. The molecule has 1 aliphatic rings. The summed E-state index contributed by atoms with van der Waals surface area (Å²) in [4.78, 5) is 36.4. The molecule has 8 heteroatoms. The van der Waals surface area contributed by atoms with E-state index in [1.165, 1.54) is 39.2 Å². The van der Waals surface area contributed by atoms with E-state index in [9.17, 15) is 19.5 Å². The van der Waals surface area contributed by atoms with Crippen LogP contribution in [0.15, 0.2) is 66.7 Å². The number of fused-ring (bicyclic) bond motifs is 3. The standard InChI is InChI=1S/C27H26N2O6/c1-27(2,25(31)32)29-24(30)21-13-12-16(14-23(21)34-3)28-26(33)35-15-22-19-10-6-4-8-17(19)18-9-5-7-11-20(18)22/h4-14,22H,15H2,1-3H3,(H,28,33)(H,29,30)(H,31,32). The van der Waals surface area contributed by atoms with Gasteiger partial charge in [0.05, 0.1) is 12.7 Å². The highest BCUT2D eigenvalue weighted by Crippen LogP contribution is 2.44. The van der Waals surface area contributed by atoms with Crippen LogP contribution in [0.1, 0.15) is 41.3 Å². The van der Waals surface area contributed by atoms with E-state index in [1.54, 1.807) is 0 Å². The molecule has 35 heavy (non-hydrogen) atoms. The normalized spacial score (nSPS) is 12.3. The zero-order valence-electron chi connectivity index (χ0n) is 19.6. The second kappa shape index (κ2) is 9.50. The van der Waals surface area contributed by atoms with Gasteiger partial charge < -0.3 is 19.9 Å². The maximum absolute atomic E-state index is 12.6. The van der Waals surface area contributed by atoms with Crippen molar-refractivity contribution < 1.29 is 29.0 Å². The van der Waals surface area contributed by atoms with Crippen molar-refractivity contribution >= 4 is 23.7 Å².